The van der Waals surface area contributed by atoms with Gasteiger partial charge in [0.2, 0.25) is 0 Å². The summed E-state index contributed by atoms with van der Waals surface area (Å²) in [6.07, 6.45) is 5.42. The Bertz CT molecular complexity index is 1050. The summed E-state index contributed by atoms with van der Waals surface area (Å²) in [6.45, 7) is 2.25. The second-order valence-electron chi connectivity index (χ2n) is 6.17. The zero-order chi connectivity index (χ0) is 17.4. The van der Waals surface area contributed by atoms with Crippen LogP contribution >= 0.6 is 0 Å². The van der Waals surface area contributed by atoms with Gasteiger partial charge in [0, 0.05) is 40.5 Å². The van der Waals surface area contributed by atoms with Gasteiger partial charge in [0.1, 0.15) is 5.82 Å². The van der Waals surface area contributed by atoms with Gasteiger partial charge in [-0.2, -0.15) is 0 Å². The number of halogens is 1. The van der Waals surface area contributed by atoms with Crippen molar-refractivity contribution in [2.45, 2.75) is 13.5 Å². The molecule has 2 aromatic heterocycles. The Balaban J connectivity index is 1.82. The summed E-state index contributed by atoms with van der Waals surface area (Å²) < 4.78 is 15.6. The highest BCUT2D eigenvalue weighted by Crippen LogP contribution is 2.34. The van der Waals surface area contributed by atoms with Crippen molar-refractivity contribution in [1.29, 1.82) is 0 Å². The first-order chi connectivity index (χ1) is 12.1. The second-order valence-corrected chi connectivity index (χ2v) is 6.17. The molecular formula is C21H17FN2O. The van der Waals surface area contributed by atoms with Crippen LogP contribution in [0, 0.1) is 12.7 Å². The third-order valence-corrected chi connectivity index (χ3v) is 4.45. The van der Waals surface area contributed by atoms with Crippen molar-refractivity contribution >= 4 is 10.8 Å². The molecule has 0 atom stereocenters. The van der Waals surface area contributed by atoms with E-state index in [-0.39, 0.29) is 18.2 Å². The van der Waals surface area contributed by atoms with E-state index in [0.29, 0.717) is 5.56 Å². The summed E-state index contributed by atoms with van der Waals surface area (Å²) in [5.74, 6) is -0.110. The highest BCUT2D eigenvalue weighted by Gasteiger charge is 2.14. The Kier molecular flexibility index (Phi) is 3.73. The summed E-state index contributed by atoms with van der Waals surface area (Å²) in [5.41, 5.74) is 3.58. The van der Waals surface area contributed by atoms with E-state index < -0.39 is 0 Å². The number of fused-ring (bicyclic) bond motifs is 1. The lowest BCUT2D eigenvalue weighted by Gasteiger charge is -2.06. The molecule has 0 unspecified atom stereocenters. The molecule has 0 saturated heterocycles. The average Bonchev–Trinajstić information content (AvgIpc) is 2.94. The van der Waals surface area contributed by atoms with E-state index in [9.17, 15) is 9.50 Å². The molecule has 0 saturated carbocycles. The molecule has 0 aliphatic carbocycles. The molecule has 4 heteroatoms. The van der Waals surface area contributed by atoms with Gasteiger partial charge < -0.3 is 9.67 Å². The van der Waals surface area contributed by atoms with Crippen molar-refractivity contribution in [3.05, 3.63) is 84.1 Å². The van der Waals surface area contributed by atoms with Crippen LogP contribution in [0.25, 0.3) is 21.9 Å². The molecule has 0 radical (unpaired) electrons. The highest BCUT2D eigenvalue weighted by molar-refractivity contribution is 5.94. The van der Waals surface area contributed by atoms with Crippen LogP contribution in [0.15, 0.2) is 67.1 Å². The van der Waals surface area contributed by atoms with Gasteiger partial charge in [-0.15, -0.1) is 0 Å². The molecule has 0 fully saturated rings. The molecule has 25 heavy (non-hydrogen) atoms. The Morgan fingerprint density at radius 2 is 1.92 bits per heavy atom. The van der Waals surface area contributed by atoms with Crippen LogP contribution in [0.2, 0.25) is 0 Å². The Morgan fingerprint density at radius 3 is 2.68 bits per heavy atom. The molecule has 0 spiro atoms. The lowest BCUT2D eigenvalue weighted by molar-refractivity contribution is 0.428. The molecule has 2 heterocycles. The lowest BCUT2D eigenvalue weighted by atomic mass is 10.0. The van der Waals surface area contributed by atoms with Crippen LogP contribution < -0.4 is 0 Å². The van der Waals surface area contributed by atoms with Crippen molar-refractivity contribution < 1.29 is 9.50 Å². The standard InChI is InChI=1S/C21H17FN2O/c1-14-9-17(15-6-4-8-23-11-15)10-18-13-24(21(25)20(14)18)12-16-5-2-3-7-19(16)22/h2-11,13,25H,12H2,1H3. The molecule has 124 valence electrons. The molecule has 1 N–H and O–H groups in total. The number of hydrogen-bond acceptors (Lipinski definition) is 2. The molecule has 4 aromatic rings. The number of rotatable bonds is 3. The van der Waals surface area contributed by atoms with E-state index in [1.165, 1.54) is 6.07 Å². The van der Waals surface area contributed by atoms with Crippen molar-refractivity contribution in [2.75, 3.05) is 0 Å². The second kappa shape index (κ2) is 6.06. The molecule has 3 nitrogen and oxygen atoms in total. The van der Waals surface area contributed by atoms with Gasteiger partial charge in [-0.1, -0.05) is 30.3 Å². The average molecular weight is 332 g/mol. The smallest absolute Gasteiger partial charge is 0.199 e. The van der Waals surface area contributed by atoms with Crippen LogP contribution in [0.1, 0.15) is 11.1 Å². The number of aryl methyl sites for hydroxylation is 1. The fraction of sp³-hybridized carbons (Fsp3) is 0.0952. The molecule has 0 bridgehead atoms. The fourth-order valence-corrected chi connectivity index (χ4v) is 3.23. The number of aromatic nitrogens is 2. The number of pyridine rings is 1. The Hall–Kier alpha value is -3.14. The number of aromatic hydroxyl groups is 1. The molecule has 0 amide bonds. The lowest BCUT2D eigenvalue weighted by Crippen LogP contribution is -1.99. The highest BCUT2D eigenvalue weighted by atomic mass is 19.1. The van der Waals surface area contributed by atoms with Gasteiger partial charge in [-0.3, -0.25) is 4.98 Å². The van der Waals surface area contributed by atoms with Gasteiger partial charge in [0.25, 0.3) is 0 Å². The minimum absolute atomic E-state index is 0.161. The number of hydrogen-bond donors (Lipinski definition) is 1. The van der Waals surface area contributed by atoms with Crippen LogP contribution in [0.3, 0.4) is 0 Å². The van der Waals surface area contributed by atoms with Crippen LogP contribution in [-0.2, 0) is 6.54 Å². The van der Waals surface area contributed by atoms with E-state index >= 15 is 0 Å². The van der Waals surface area contributed by atoms with Crippen molar-refractivity contribution in [2.24, 2.45) is 0 Å². The van der Waals surface area contributed by atoms with E-state index in [4.69, 9.17) is 0 Å². The first kappa shape index (κ1) is 15.4. The predicted molar refractivity (Wildman–Crippen MR) is 97.1 cm³/mol. The van der Waals surface area contributed by atoms with E-state index in [1.807, 2.05) is 43.6 Å². The van der Waals surface area contributed by atoms with Crippen LogP contribution in [-0.4, -0.2) is 14.7 Å². The summed E-state index contributed by atoms with van der Waals surface area (Å²) in [5, 5.41) is 12.3. The molecular weight excluding hydrogens is 315 g/mol. The van der Waals surface area contributed by atoms with Gasteiger partial charge in [-0.05, 0) is 36.2 Å². The van der Waals surface area contributed by atoms with E-state index in [1.54, 1.807) is 29.0 Å². The van der Waals surface area contributed by atoms with Crippen molar-refractivity contribution in [3.63, 3.8) is 0 Å². The Morgan fingerprint density at radius 1 is 1.08 bits per heavy atom. The van der Waals surface area contributed by atoms with Gasteiger partial charge in [0.05, 0.1) is 6.54 Å². The van der Waals surface area contributed by atoms with Gasteiger partial charge in [-0.25, -0.2) is 4.39 Å². The minimum atomic E-state index is -0.271. The zero-order valence-electron chi connectivity index (χ0n) is 13.8. The summed E-state index contributed by atoms with van der Waals surface area (Å²) in [7, 11) is 0. The molecule has 0 aliphatic rings. The molecule has 0 aliphatic heterocycles. The summed E-state index contributed by atoms with van der Waals surface area (Å²) in [6, 6.07) is 14.6. The van der Waals surface area contributed by atoms with Crippen molar-refractivity contribution in [1.82, 2.24) is 9.55 Å². The normalized spacial score (nSPS) is 11.1. The monoisotopic (exact) mass is 332 g/mol. The maximum atomic E-state index is 13.9. The maximum Gasteiger partial charge on any atom is 0.199 e. The molecule has 4 rings (SSSR count). The predicted octanol–water partition coefficient (Wildman–Crippen LogP) is 4.90. The first-order valence-electron chi connectivity index (χ1n) is 8.10. The number of nitrogens with zero attached hydrogens (tertiary/aromatic N) is 2. The maximum absolute atomic E-state index is 13.9. The SMILES string of the molecule is Cc1cc(-c2cccnc2)cc2cn(Cc3ccccc3F)c(O)c12. The van der Waals surface area contributed by atoms with Crippen LogP contribution in [0.4, 0.5) is 4.39 Å². The summed E-state index contributed by atoms with van der Waals surface area (Å²) in [4.78, 5) is 4.16. The largest absolute Gasteiger partial charge is 0.494 e. The zero-order valence-corrected chi connectivity index (χ0v) is 13.8. The van der Waals surface area contributed by atoms with Crippen molar-refractivity contribution in [3.8, 4) is 17.0 Å². The quantitative estimate of drug-likeness (QED) is 0.579. The van der Waals surface area contributed by atoms with Crippen LogP contribution in [0.5, 0.6) is 5.88 Å². The first-order valence-corrected chi connectivity index (χ1v) is 8.10. The van der Waals surface area contributed by atoms with E-state index in [0.717, 1.165) is 27.5 Å². The third-order valence-electron chi connectivity index (χ3n) is 4.45. The van der Waals surface area contributed by atoms with Gasteiger partial charge in [0.15, 0.2) is 5.88 Å². The summed E-state index contributed by atoms with van der Waals surface area (Å²) >= 11 is 0. The van der Waals surface area contributed by atoms with E-state index in [2.05, 4.69) is 4.98 Å². The number of benzene rings is 2. The fourth-order valence-electron chi connectivity index (χ4n) is 3.23. The minimum Gasteiger partial charge on any atom is -0.494 e. The third kappa shape index (κ3) is 2.76. The molecule has 2 aromatic carbocycles. The Labute approximate surface area is 145 Å². The van der Waals surface area contributed by atoms with Gasteiger partial charge >= 0.3 is 0 Å². The topological polar surface area (TPSA) is 38.0 Å².